The Kier molecular flexibility index (Phi) is 9.19. The average molecular weight is 265 g/mol. The molecule has 0 spiro atoms. The third-order valence-electron chi connectivity index (χ3n) is 3.58. The van der Waals surface area contributed by atoms with E-state index >= 15 is 0 Å². The Morgan fingerprint density at radius 1 is 1.16 bits per heavy atom. The molecule has 0 aromatic heterocycles. The Bertz CT molecular complexity index is 305. The molecule has 0 saturated carbocycles. The van der Waals surface area contributed by atoms with E-state index in [9.17, 15) is 0 Å². The van der Waals surface area contributed by atoms with Crippen LogP contribution in [0.15, 0.2) is 12.2 Å². The second-order valence-electron chi connectivity index (χ2n) is 5.85. The minimum atomic E-state index is 0.306. The molecular weight excluding hydrogens is 234 g/mol. The zero-order chi connectivity index (χ0) is 14.8. The normalized spacial score (nSPS) is 14.6. The lowest BCUT2D eigenvalue weighted by Crippen LogP contribution is -2.32. The molecule has 0 aromatic carbocycles. The highest BCUT2D eigenvalue weighted by molar-refractivity contribution is 5.92. The fraction of sp³-hybridized carbons (Fsp3) is 0.750. The minimum Gasteiger partial charge on any atom is -0.374 e. The summed E-state index contributed by atoms with van der Waals surface area (Å²) in [6, 6.07) is 0. The summed E-state index contributed by atoms with van der Waals surface area (Å²) < 4.78 is 0. The summed E-state index contributed by atoms with van der Waals surface area (Å²) >= 11 is 0. The number of nitrogens with one attached hydrogen (secondary N) is 3. The first-order chi connectivity index (χ1) is 8.88. The Hall–Kier alpha value is -1.12. The van der Waals surface area contributed by atoms with Crippen molar-refractivity contribution in [1.82, 2.24) is 5.32 Å². The lowest BCUT2D eigenvalue weighted by Gasteiger charge is -2.18. The summed E-state index contributed by atoms with van der Waals surface area (Å²) in [5, 5.41) is 18.9. The molecule has 3 nitrogen and oxygen atoms in total. The van der Waals surface area contributed by atoms with Crippen molar-refractivity contribution in [2.75, 3.05) is 6.54 Å². The van der Waals surface area contributed by atoms with Crippen LogP contribution in [-0.4, -0.2) is 18.1 Å². The zero-order valence-corrected chi connectivity index (χ0v) is 13.2. The van der Waals surface area contributed by atoms with E-state index in [1.54, 1.807) is 0 Å². The van der Waals surface area contributed by atoms with Crippen LogP contribution >= 0.6 is 0 Å². The Morgan fingerprint density at radius 3 is 2.32 bits per heavy atom. The second-order valence-corrected chi connectivity index (χ2v) is 5.85. The summed E-state index contributed by atoms with van der Waals surface area (Å²) in [6.45, 7) is 11.4. The van der Waals surface area contributed by atoms with Crippen LogP contribution in [0.25, 0.3) is 0 Å². The van der Waals surface area contributed by atoms with Gasteiger partial charge in [0.05, 0.1) is 5.84 Å². The molecular formula is C16H31N3. The minimum absolute atomic E-state index is 0.306. The molecule has 19 heavy (non-hydrogen) atoms. The summed E-state index contributed by atoms with van der Waals surface area (Å²) in [6.07, 6.45) is 6.82. The molecule has 0 heterocycles. The average Bonchev–Trinajstić information content (AvgIpc) is 2.33. The van der Waals surface area contributed by atoms with E-state index in [0.717, 1.165) is 25.8 Å². The molecule has 110 valence electrons. The van der Waals surface area contributed by atoms with E-state index in [-0.39, 0.29) is 0 Å². The molecule has 0 fully saturated rings. The Labute approximate surface area is 118 Å². The van der Waals surface area contributed by atoms with Gasteiger partial charge in [-0.2, -0.15) is 0 Å². The van der Waals surface area contributed by atoms with E-state index < -0.39 is 0 Å². The van der Waals surface area contributed by atoms with Crippen molar-refractivity contribution in [3.8, 4) is 0 Å². The molecule has 0 amide bonds. The van der Waals surface area contributed by atoms with Crippen LogP contribution in [0.2, 0.25) is 0 Å². The van der Waals surface area contributed by atoms with Gasteiger partial charge in [-0.25, -0.2) is 0 Å². The lowest BCUT2D eigenvalue weighted by atomic mass is 9.96. The van der Waals surface area contributed by atoms with Gasteiger partial charge in [0.15, 0.2) is 0 Å². The largest absolute Gasteiger partial charge is 0.374 e. The molecule has 0 saturated heterocycles. The lowest BCUT2D eigenvalue weighted by molar-refractivity contribution is 0.499. The standard InChI is InChI=1S/C16H31N3/c1-6-8-15(17)11-13(4)9-7-10-19-16(18)14(5)12(2)3/h6,8,12-14,17H,7,9-11H2,1-5H3,(H2,18,19)/b8-6+,17-15?. The van der Waals surface area contributed by atoms with Gasteiger partial charge in [0.1, 0.15) is 0 Å². The quantitative estimate of drug-likeness (QED) is 0.326. The van der Waals surface area contributed by atoms with Gasteiger partial charge in [-0.1, -0.05) is 33.8 Å². The van der Waals surface area contributed by atoms with E-state index in [2.05, 4.69) is 33.0 Å². The molecule has 0 bridgehead atoms. The fourth-order valence-electron chi connectivity index (χ4n) is 1.91. The van der Waals surface area contributed by atoms with Crippen LogP contribution in [0.5, 0.6) is 0 Å². The highest BCUT2D eigenvalue weighted by atomic mass is 14.9. The maximum Gasteiger partial charge on any atom is 0.0963 e. The molecule has 2 atom stereocenters. The van der Waals surface area contributed by atoms with Crippen molar-refractivity contribution in [3.63, 3.8) is 0 Å². The van der Waals surface area contributed by atoms with Crippen LogP contribution in [0.4, 0.5) is 0 Å². The van der Waals surface area contributed by atoms with Crippen molar-refractivity contribution in [3.05, 3.63) is 12.2 Å². The summed E-state index contributed by atoms with van der Waals surface area (Å²) in [5.74, 6) is 2.02. The first-order valence-electron chi connectivity index (χ1n) is 7.40. The summed E-state index contributed by atoms with van der Waals surface area (Å²) in [7, 11) is 0. The van der Waals surface area contributed by atoms with Crippen molar-refractivity contribution in [1.29, 1.82) is 10.8 Å². The molecule has 0 aromatic rings. The van der Waals surface area contributed by atoms with Crippen LogP contribution in [0.1, 0.15) is 53.9 Å². The summed E-state index contributed by atoms with van der Waals surface area (Å²) in [4.78, 5) is 0. The molecule has 0 radical (unpaired) electrons. The molecule has 0 aliphatic rings. The van der Waals surface area contributed by atoms with Gasteiger partial charge in [0.2, 0.25) is 0 Å². The van der Waals surface area contributed by atoms with Crippen molar-refractivity contribution >= 4 is 11.5 Å². The molecule has 0 aliphatic carbocycles. The van der Waals surface area contributed by atoms with Gasteiger partial charge >= 0.3 is 0 Å². The molecule has 2 unspecified atom stereocenters. The smallest absolute Gasteiger partial charge is 0.0963 e. The molecule has 0 rings (SSSR count). The second kappa shape index (κ2) is 9.76. The van der Waals surface area contributed by atoms with Gasteiger partial charge in [-0.05, 0) is 44.1 Å². The highest BCUT2D eigenvalue weighted by Gasteiger charge is 2.12. The maximum absolute atomic E-state index is 7.92. The first-order valence-corrected chi connectivity index (χ1v) is 7.40. The van der Waals surface area contributed by atoms with E-state index in [1.807, 2.05) is 19.1 Å². The Balaban J connectivity index is 3.74. The van der Waals surface area contributed by atoms with Crippen LogP contribution in [0.3, 0.4) is 0 Å². The zero-order valence-electron chi connectivity index (χ0n) is 13.2. The summed E-state index contributed by atoms with van der Waals surface area (Å²) in [5.41, 5.74) is 0.712. The van der Waals surface area contributed by atoms with Gasteiger partial charge in [-0.3, -0.25) is 5.41 Å². The molecule has 3 heteroatoms. The SMILES string of the molecule is C/C=C/C(=N)CC(C)CCCNC(=N)C(C)C(C)C. The third-order valence-corrected chi connectivity index (χ3v) is 3.58. The van der Waals surface area contributed by atoms with Crippen molar-refractivity contribution in [2.45, 2.75) is 53.9 Å². The van der Waals surface area contributed by atoms with Crippen LogP contribution in [-0.2, 0) is 0 Å². The predicted octanol–water partition coefficient (Wildman–Crippen LogP) is 4.25. The topological polar surface area (TPSA) is 59.7 Å². The van der Waals surface area contributed by atoms with E-state index in [1.165, 1.54) is 0 Å². The van der Waals surface area contributed by atoms with Gasteiger partial charge in [0, 0.05) is 18.2 Å². The third kappa shape index (κ3) is 8.57. The van der Waals surface area contributed by atoms with Crippen LogP contribution < -0.4 is 5.32 Å². The number of rotatable bonds is 9. The number of hydrogen-bond acceptors (Lipinski definition) is 2. The number of amidine groups is 1. The highest BCUT2D eigenvalue weighted by Crippen LogP contribution is 2.12. The maximum atomic E-state index is 7.92. The van der Waals surface area contributed by atoms with E-state index in [4.69, 9.17) is 10.8 Å². The van der Waals surface area contributed by atoms with Crippen LogP contribution in [0, 0.1) is 28.6 Å². The fourth-order valence-corrected chi connectivity index (χ4v) is 1.91. The predicted molar refractivity (Wildman–Crippen MR) is 85.3 cm³/mol. The van der Waals surface area contributed by atoms with Gasteiger partial charge in [-0.15, -0.1) is 0 Å². The van der Waals surface area contributed by atoms with E-state index in [0.29, 0.717) is 29.3 Å². The van der Waals surface area contributed by atoms with Gasteiger partial charge < -0.3 is 10.7 Å². The number of allylic oxidation sites excluding steroid dienone is 2. The number of hydrogen-bond donors (Lipinski definition) is 3. The first kappa shape index (κ1) is 17.9. The molecule has 0 aliphatic heterocycles. The van der Waals surface area contributed by atoms with Crippen molar-refractivity contribution < 1.29 is 0 Å². The van der Waals surface area contributed by atoms with Crippen molar-refractivity contribution in [2.24, 2.45) is 17.8 Å². The molecule has 3 N–H and O–H groups in total. The Morgan fingerprint density at radius 2 is 1.79 bits per heavy atom. The monoisotopic (exact) mass is 265 g/mol. The van der Waals surface area contributed by atoms with Gasteiger partial charge in [0.25, 0.3) is 0 Å².